The van der Waals surface area contributed by atoms with E-state index in [4.69, 9.17) is 9.73 Å². The summed E-state index contributed by atoms with van der Waals surface area (Å²) in [5.74, 6) is 2.07. The third kappa shape index (κ3) is 4.95. The topological polar surface area (TPSA) is 33.6 Å². The van der Waals surface area contributed by atoms with Gasteiger partial charge in [-0.05, 0) is 36.0 Å². The molecule has 1 aromatic rings. The highest BCUT2D eigenvalue weighted by molar-refractivity contribution is 8.13. The number of hydrogen-bond acceptors (Lipinski definition) is 3. The maximum atomic E-state index is 5.25. The molecule has 0 aromatic heterocycles. The van der Waals surface area contributed by atoms with Crippen LogP contribution in [0.25, 0.3) is 0 Å². The number of thioether (sulfide) groups is 1. The number of rotatable bonds is 4. The summed E-state index contributed by atoms with van der Waals surface area (Å²) >= 11 is 1.84. The Bertz CT molecular complexity index is 494. The molecule has 1 aliphatic rings. The van der Waals surface area contributed by atoms with Crippen LogP contribution in [-0.2, 0) is 6.42 Å². The zero-order valence-electron chi connectivity index (χ0n) is 13.5. The molecular weight excluding hydrogens is 280 g/mol. The average Bonchev–Trinajstić information content (AvgIpc) is 2.47. The molecule has 3 nitrogen and oxygen atoms in total. The lowest BCUT2D eigenvalue weighted by molar-refractivity contribution is 0.290. The number of methoxy groups -OCH3 is 1. The Hall–Kier alpha value is -1.16. The molecule has 2 rings (SSSR count). The van der Waals surface area contributed by atoms with Crippen molar-refractivity contribution in [3.8, 4) is 5.75 Å². The number of nitrogens with one attached hydrogen (secondary N) is 1. The summed E-state index contributed by atoms with van der Waals surface area (Å²) in [6, 6.07) is 8.74. The van der Waals surface area contributed by atoms with Gasteiger partial charge >= 0.3 is 0 Å². The Kier molecular flexibility index (Phi) is 5.57. The predicted molar refractivity (Wildman–Crippen MR) is 92.5 cm³/mol. The molecule has 0 amide bonds. The van der Waals surface area contributed by atoms with Gasteiger partial charge in [-0.15, -0.1) is 0 Å². The average molecular weight is 306 g/mol. The lowest BCUT2D eigenvalue weighted by Crippen LogP contribution is -2.46. The highest BCUT2D eigenvalue weighted by Crippen LogP contribution is 2.27. The second-order valence-electron chi connectivity index (χ2n) is 6.49. The number of aliphatic imine (C=N–C) groups is 1. The SMILES string of the molecule is COc1cccc(CCN=C2NC(C(C)(C)C)CCS2)c1. The predicted octanol–water partition coefficient (Wildman–Crippen LogP) is 3.73. The van der Waals surface area contributed by atoms with Crippen LogP contribution in [0.4, 0.5) is 0 Å². The van der Waals surface area contributed by atoms with Gasteiger partial charge in [-0.3, -0.25) is 4.99 Å². The van der Waals surface area contributed by atoms with E-state index in [0.717, 1.165) is 29.6 Å². The number of amidine groups is 1. The number of benzene rings is 1. The largest absolute Gasteiger partial charge is 0.497 e. The highest BCUT2D eigenvalue weighted by Gasteiger charge is 2.28. The molecule has 1 unspecified atom stereocenters. The van der Waals surface area contributed by atoms with Crippen LogP contribution in [0.5, 0.6) is 5.75 Å². The van der Waals surface area contributed by atoms with Crippen LogP contribution in [0.3, 0.4) is 0 Å². The summed E-state index contributed by atoms with van der Waals surface area (Å²) in [5.41, 5.74) is 1.56. The number of nitrogens with zero attached hydrogens (tertiary/aromatic N) is 1. The first-order valence-electron chi connectivity index (χ1n) is 7.56. The Morgan fingerprint density at radius 3 is 2.90 bits per heavy atom. The highest BCUT2D eigenvalue weighted by atomic mass is 32.2. The van der Waals surface area contributed by atoms with E-state index in [0.29, 0.717) is 6.04 Å². The molecule has 0 radical (unpaired) electrons. The lowest BCUT2D eigenvalue weighted by Gasteiger charge is -2.35. The smallest absolute Gasteiger partial charge is 0.156 e. The number of ether oxygens (including phenoxy) is 1. The van der Waals surface area contributed by atoms with Crippen LogP contribution in [0.2, 0.25) is 0 Å². The molecule has 0 saturated carbocycles. The van der Waals surface area contributed by atoms with Crippen LogP contribution in [0, 0.1) is 5.41 Å². The maximum absolute atomic E-state index is 5.25. The lowest BCUT2D eigenvalue weighted by atomic mass is 9.85. The van der Waals surface area contributed by atoms with Crippen LogP contribution < -0.4 is 10.1 Å². The van der Waals surface area contributed by atoms with Crippen LogP contribution >= 0.6 is 11.8 Å². The van der Waals surface area contributed by atoms with Gasteiger partial charge in [0.15, 0.2) is 5.17 Å². The van der Waals surface area contributed by atoms with Gasteiger partial charge in [0.2, 0.25) is 0 Å². The minimum Gasteiger partial charge on any atom is -0.497 e. The van der Waals surface area contributed by atoms with E-state index in [1.54, 1.807) is 7.11 Å². The Morgan fingerprint density at radius 2 is 2.19 bits per heavy atom. The Labute approximate surface area is 132 Å². The van der Waals surface area contributed by atoms with Crippen molar-refractivity contribution in [2.45, 2.75) is 39.7 Å². The first-order chi connectivity index (χ1) is 9.99. The van der Waals surface area contributed by atoms with Gasteiger partial charge in [-0.1, -0.05) is 44.7 Å². The quantitative estimate of drug-likeness (QED) is 0.920. The zero-order chi connectivity index (χ0) is 15.3. The van der Waals surface area contributed by atoms with Crippen molar-refractivity contribution in [2.24, 2.45) is 10.4 Å². The summed E-state index contributed by atoms with van der Waals surface area (Å²) in [7, 11) is 1.70. The van der Waals surface area contributed by atoms with Crippen molar-refractivity contribution in [2.75, 3.05) is 19.4 Å². The summed E-state index contributed by atoms with van der Waals surface area (Å²) in [6.45, 7) is 7.68. The van der Waals surface area contributed by atoms with E-state index in [1.165, 1.54) is 12.0 Å². The third-order valence-electron chi connectivity index (χ3n) is 3.78. The molecule has 1 atom stereocenters. The van der Waals surface area contributed by atoms with Crippen molar-refractivity contribution >= 4 is 16.9 Å². The van der Waals surface area contributed by atoms with Gasteiger partial charge in [0, 0.05) is 18.3 Å². The fraction of sp³-hybridized carbons (Fsp3) is 0.588. The second-order valence-corrected chi connectivity index (χ2v) is 7.57. The van der Waals surface area contributed by atoms with Gasteiger partial charge in [0.1, 0.15) is 5.75 Å². The molecule has 1 heterocycles. The van der Waals surface area contributed by atoms with E-state index in [9.17, 15) is 0 Å². The molecule has 1 aliphatic heterocycles. The van der Waals surface area contributed by atoms with E-state index in [1.807, 2.05) is 23.9 Å². The van der Waals surface area contributed by atoms with Crippen LogP contribution in [0.15, 0.2) is 29.3 Å². The molecule has 0 aliphatic carbocycles. The Morgan fingerprint density at radius 1 is 1.38 bits per heavy atom. The molecule has 21 heavy (non-hydrogen) atoms. The van der Waals surface area contributed by atoms with Gasteiger partial charge < -0.3 is 10.1 Å². The maximum Gasteiger partial charge on any atom is 0.156 e. The summed E-state index contributed by atoms with van der Waals surface area (Å²) in [6.07, 6.45) is 2.16. The van der Waals surface area contributed by atoms with E-state index in [-0.39, 0.29) is 5.41 Å². The van der Waals surface area contributed by atoms with E-state index < -0.39 is 0 Å². The second kappa shape index (κ2) is 7.21. The summed E-state index contributed by atoms with van der Waals surface area (Å²) in [4.78, 5) is 4.73. The molecule has 4 heteroatoms. The van der Waals surface area contributed by atoms with Crippen LogP contribution in [0.1, 0.15) is 32.8 Å². The van der Waals surface area contributed by atoms with Crippen molar-refractivity contribution < 1.29 is 4.74 Å². The summed E-state index contributed by atoms with van der Waals surface area (Å²) < 4.78 is 5.25. The molecule has 116 valence electrons. The van der Waals surface area contributed by atoms with Gasteiger partial charge in [-0.25, -0.2) is 0 Å². The first kappa shape index (κ1) is 16.2. The molecule has 1 aromatic carbocycles. The van der Waals surface area contributed by atoms with Crippen molar-refractivity contribution in [1.29, 1.82) is 0 Å². The third-order valence-corrected chi connectivity index (χ3v) is 4.74. The van der Waals surface area contributed by atoms with Crippen molar-refractivity contribution in [3.05, 3.63) is 29.8 Å². The van der Waals surface area contributed by atoms with Gasteiger partial charge in [-0.2, -0.15) is 0 Å². The molecule has 1 N–H and O–H groups in total. The molecule has 1 saturated heterocycles. The standard InChI is InChI=1S/C17H26N2OS/c1-17(2,3)15-9-11-21-16(19-15)18-10-8-13-6-5-7-14(12-13)20-4/h5-7,12,15H,8-11H2,1-4H3,(H,18,19). The van der Waals surface area contributed by atoms with Gasteiger partial charge in [0.25, 0.3) is 0 Å². The Balaban J connectivity index is 1.89. The molecule has 0 bridgehead atoms. The van der Waals surface area contributed by atoms with Crippen molar-refractivity contribution in [3.63, 3.8) is 0 Å². The fourth-order valence-corrected chi connectivity index (χ4v) is 3.35. The fourth-order valence-electron chi connectivity index (χ4n) is 2.39. The minimum atomic E-state index is 0.286. The molecule has 0 spiro atoms. The summed E-state index contributed by atoms with van der Waals surface area (Å²) in [5, 5.41) is 4.69. The van der Waals surface area contributed by atoms with Crippen LogP contribution in [-0.4, -0.2) is 30.6 Å². The van der Waals surface area contributed by atoms with E-state index in [2.05, 4.69) is 38.2 Å². The monoisotopic (exact) mass is 306 g/mol. The van der Waals surface area contributed by atoms with Gasteiger partial charge in [0.05, 0.1) is 7.11 Å². The van der Waals surface area contributed by atoms with E-state index >= 15 is 0 Å². The minimum absolute atomic E-state index is 0.286. The molecule has 1 fully saturated rings. The normalized spacial score (nSPS) is 21.1. The number of hydrogen-bond donors (Lipinski definition) is 1. The first-order valence-corrected chi connectivity index (χ1v) is 8.54. The van der Waals surface area contributed by atoms with Crippen molar-refractivity contribution in [1.82, 2.24) is 5.32 Å². The zero-order valence-corrected chi connectivity index (χ0v) is 14.3. The molecular formula is C17H26N2OS.